The molecular formula is C22H21N7O3. The quantitative estimate of drug-likeness (QED) is 0.529. The Kier molecular flexibility index (Phi) is 5.12. The van der Waals surface area contributed by atoms with Crippen molar-refractivity contribution in [1.29, 1.82) is 0 Å². The minimum Gasteiger partial charge on any atom is -0.378 e. The largest absolute Gasteiger partial charge is 0.378 e. The summed E-state index contributed by atoms with van der Waals surface area (Å²) in [7, 11) is 1.63. The van der Waals surface area contributed by atoms with Crippen molar-refractivity contribution < 1.29 is 14.3 Å². The van der Waals surface area contributed by atoms with E-state index in [9.17, 15) is 9.59 Å². The maximum absolute atomic E-state index is 13.0. The molecule has 5 rings (SSSR count). The number of aryl methyl sites for hydroxylation is 1. The first-order valence-electron chi connectivity index (χ1n) is 10.2. The monoisotopic (exact) mass is 431 g/mol. The summed E-state index contributed by atoms with van der Waals surface area (Å²) in [6, 6.07) is 11.7. The normalized spacial score (nSPS) is 14.0. The van der Waals surface area contributed by atoms with Gasteiger partial charge in [0.25, 0.3) is 11.8 Å². The Balaban J connectivity index is 1.36. The van der Waals surface area contributed by atoms with Crippen molar-refractivity contribution >= 4 is 28.5 Å². The highest BCUT2D eigenvalue weighted by Gasteiger charge is 2.27. The molecule has 0 aliphatic carbocycles. The van der Waals surface area contributed by atoms with Crippen LogP contribution < -0.4 is 5.32 Å². The molecule has 3 aromatic heterocycles. The molecule has 10 heteroatoms. The SMILES string of the molecule is Cn1ncc(C(=O)N2CCOCC2)c1C(=O)Nc1cn(-c2ccc3ccccc3n2)cn1. The number of para-hydroxylation sites is 1. The Labute approximate surface area is 183 Å². The van der Waals surface area contributed by atoms with E-state index in [1.807, 2.05) is 36.4 Å². The molecule has 10 nitrogen and oxygen atoms in total. The van der Waals surface area contributed by atoms with Crippen molar-refractivity contribution in [2.75, 3.05) is 31.6 Å². The highest BCUT2D eigenvalue weighted by Crippen LogP contribution is 2.18. The fourth-order valence-electron chi connectivity index (χ4n) is 3.69. The number of fused-ring (bicyclic) bond motifs is 1. The Morgan fingerprint density at radius 3 is 2.75 bits per heavy atom. The number of carbonyl (C=O) groups excluding carboxylic acids is 2. The van der Waals surface area contributed by atoms with Gasteiger partial charge in [-0.1, -0.05) is 18.2 Å². The van der Waals surface area contributed by atoms with Crippen molar-refractivity contribution in [2.45, 2.75) is 0 Å². The van der Waals surface area contributed by atoms with E-state index in [1.54, 1.807) is 29.0 Å². The number of benzene rings is 1. The Hall–Kier alpha value is -4.05. The molecule has 0 bridgehead atoms. The van der Waals surface area contributed by atoms with Crippen molar-refractivity contribution in [2.24, 2.45) is 7.05 Å². The highest BCUT2D eigenvalue weighted by atomic mass is 16.5. The summed E-state index contributed by atoms with van der Waals surface area (Å²) in [5.74, 6) is 0.326. The summed E-state index contributed by atoms with van der Waals surface area (Å²) in [4.78, 5) is 36.4. The predicted molar refractivity (Wildman–Crippen MR) is 117 cm³/mol. The Morgan fingerprint density at radius 1 is 1.09 bits per heavy atom. The van der Waals surface area contributed by atoms with Crippen LogP contribution in [0, 0.1) is 0 Å². The van der Waals surface area contributed by atoms with Gasteiger partial charge in [-0.3, -0.25) is 18.8 Å². The zero-order valence-electron chi connectivity index (χ0n) is 17.4. The fraction of sp³-hybridized carbons (Fsp3) is 0.227. The zero-order valence-corrected chi connectivity index (χ0v) is 17.4. The molecule has 0 spiro atoms. The van der Waals surface area contributed by atoms with Crippen LogP contribution in [0.25, 0.3) is 16.7 Å². The van der Waals surface area contributed by atoms with Crippen molar-refractivity contribution in [1.82, 2.24) is 29.2 Å². The van der Waals surface area contributed by atoms with Gasteiger partial charge >= 0.3 is 0 Å². The number of aromatic nitrogens is 5. The molecule has 0 radical (unpaired) electrons. The van der Waals surface area contributed by atoms with Crippen LogP contribution in [0.15, 0.2) is 55.1 Å². The van der Waals surface area contributed by atoms with Crippen LogP contribution in [0.5, 0.6) is 0 Å². The average Bonchev–Trinajstić information content (AvgIpc) is 3.45. The number of imidazole rings is 1. The second-order valence-corrected chi connectivity index (χ2v) is 7.42. The molecule has 2 amide bonds. The van der Waals surface area contributed by atoms with E-state index in [0.29, 0.717) is 37.9 Å². The molecule has 1 aromatic carbocycles. The highest BCUT2D eigenvalue weighted by molar-refractivity contribution is 6.10. The molecule has 32 heavy (non-hydrogen) atoms. The number of ether oxygens (including phenoxy) is 1. The molecule has 1 aliphatic heterocycles. The van der Waals surface area contributed by atoms with Crippen LogP contribution in [0.2, 0.25) is 0 Å². The van der Waals surface area contributed by atoms with E-state index in [0.717, 1.165) is 10.9 Å². The standard InChI is InChI=1S/C22H21N7O3/c1-27-20(16(12-24-27)22(31)28-8-10-32-11-9-28)21(30)26-18-13-29(14-23-18)19-7-6-15-4-2-3-5-17(15)25-19/h2-7,12-14H,8-11H2,1H3,(H,26,30). The van der Waals surface area contributed by atoms with Crippen molar-refractivity contribution in [3.05, 3.63) is 66.4 Å². The number of hydrogen-bond acceptors (Lipinski definition) is 6. The van der Waals surface area contributed by atoms with Crippen molar-refractivity contribution in [3.63, 3.8) is 0 Å². The lowest BCUT2D eigenvalue weighted by molar-refractivity contribution is 0.0302. The minimum atomic E-state index is -0.460. The lowest BCUT2D eigenvalue weighted by atomic mass is 10.2. The molecule has 162 valence electrons. The Morgan fingerprint density at radius 2 is 1.91 bits per heavy atom. The van der Waals surface area contributed by atoms with E-state index >= 15 is 0 Å². The lowest BCUT2D eigenvalue weighted by Crippen LogP contribution is -2.41. The van der Waals surface area contributed by atoms with Gasteiger partial charge < -0.3 is 15.0 Å². The minimum absolute atomic E-state index is 0.180. The van der Waals surface area contributed by atoms with E-state index in [2.05, 4.69) is 20.4 Å². The smallest absolute Gasteiger partial charge is 0.275 e. The van der Waals surface area contributed by atoms with Crippen LogP contribution in [0.4, 0.5) is 5.82 Å². The maximum atomic E-state index is 13.0. The molecule has 1 aliphatic rings. The number of nitrogens with one attached hydrogen (secondary N) is 1. The number of rotatable bonds is 4. The topological polar surface area (TPSA) is 107 Å². The van der Waals surface area contributed by atoms with Gasteiger partial charge in [0.15, 0.2) is 5.82 Å². The summed E-state index contributed by atoms with van der Waals surface area (Å²) in [6.45, 7) is 1.93. The van der Waals surface area contributed by atoms with Gasteiger partial charge in [-0.25, -0.2) is 9.97 Å². The predicted octanol–water partition coefficient (Wildman–Crippen LogP) is 1.88. The number of amides is 2. The molecule has 1 saturated heterocycles. The molecule has 4 aromatic rings. The lowest BCUT2D eigenvalue weighted by Gasteiger charge is -2.26. The number of pyridine rings is 1. The molecule has 0 saturated carbocycles. The van der Waals surface area contributed by atoms with E-state index in [4.69, 9.17) is 4.74 Å². The first-order valence-corrected chi connectivity index (χ1v) is 10.2. The second kappa shape index (κ2) is 8.23. The molecule has 0 atom stereocenters. The van der Waals surface area contributed by atoms with E-state index in [1.165, 1.54) is 10.9 Å². The summed E-state index contributed by atoms with van der Waals surface area (Å²) in [6.07, 6.45) is 4.68. The number of anilines is 1. The third-order valence-corrected chi connectivity index (χ3v) is 5.36. The van der Waals surface area contributed by atoms with Gasteiger partial charge in [0.1, 0.15) is 17.8 Å². The van der Waals surface area contributed by atoms with E-state index in [-0.39, 0.29) is 17.2 Å². The fourth-order valence-corrected chi connectivity index (χ4v) is 3.69. The van der Waals surface area contributed by atoms with Crippen molar-refractivity contribution in [3.8, 4) is 5.82 Å². The van der Waals surface area contributed by atoms with Gasteiger partial charge in [0.2, 0.25) is 0 Å². The maximum Gasteiger partial charge on any atom is 0.275 e. The number of nitrogens with zero attached hydrogens (tertiary/aromatic N) is 6. The summed E-state index contributed by atoms with van der Waals surface area (Å²) >= 11 is 0. The summed E-state index contributed by atoms with van der Waals surface area (Å²) in [5, 5.41) is 7.91. The number of carbonyl (C=O) groups is 2. The second-order valence-electron chi connectivity index (χ2n) is 7.42. The van der Waals surface area contributed by atoms with Gasteiger partial charge in [0, 0.05) is 25.5 Å². The van der Waals surface area contributed by atoms with Crippen LogP contribution >= 0.6 is 0 Å². The van der Waals surface area contributed by atoms with Gasteiger partial charge in [-0.15, -0.1) is 0 Å². The number of hydrogen-bond donors (Lipinski definition) is 1. The van der Waals surface area contributed by atoms with Crippen LogP contribution in [-0.4, -0.2) is 67.3 Å². The van der Waals surface area contributed by atoms with E-state index < -0.39 is 5.91 Å². The summed E-state index contributed by atoms with van der Waals surface area (Å²) < 4.78 is 8.42. The summed E-state index contributed by atoms with van der Waals surface area (Å²) in [5.41, 5.74) is 1.30. The molecule has 1 N–H and O–H groups in total. The van der Waals surface area contributed by atoms with Crippen LogP contribution in [0.1, 0.15) is 20.8 Å². The van der Waals surface area contributed by atoms with Crippen LogP contribution in [-0.2, 0) is 11.8 Å². The molecule has 0 unspecified atom stereocenters. The Bertz CT molecular complexity index is 1300. The number of morpholine rings is 1. The van der Waals surface area contributed by atoms with Gasteiger partial charge in [-0.05, 0) is 18.2 Å². The molecular weight excluding hydrogens is 410 g/mol. The molecule has 1 fully saturated rings. The third-order valence-electron chi connectivity index (χ3n) is 5.36. The first kappa shape index (κ1) is 19.9. The van der Waals surface area contributed by atoms with Crippen LogP contribution in [0.3, 0.4) is 0 Å². The third kappa shape index (κ3) is 3.71. The van der Waals surface area contributed by atoms with Gasteiger partial charge in [-0.2, -0.15) is 5.10 Å². The first-order chi connectivity index (χ1) is 15.6. The zero-order chi connectivity index (χ0) is 22.1. The average molecular weight is 431 g/mol. The van der Waals surface area contributed by atoms with Gasteiger partial charge in [0.05, 0.1) is 36.7 Å². The molecule has 4 heterocycles.